The average molecular weight is 440 g/mol. The number of sulfonamides is 1. The molecular weight excluding hydrogens is 420 g/mol. The SMILES string of the molecule is COc1cncc(-c2ccc(NC(=O)Cc3ccnc(NS(=O)(=O)C4CC4)n3)cc2)n1. The first-order chi connectivity index (χ1) is 14.9. The number of methoxy groups -OCH3 is 1. The number of aromatic nitrogens is 4. The van der Waals surface area contributed by atoms with Crippen LogP contribution in [0.25, 0.3) is 11.3 Å². The van der Waals surface area contributed by atoms with Gasteiger partial charge in [-0.1, -0.05) is 12.1 Å². The number of anilines is 2. The zero-order valence-corrected chi connectivity index (χ0v) is 17.5. The molecule has 3 aromatic rings. The Bertz CT molecular complexity index is 1200. The first-order valence-electron chi connectivity index (χ1n) is 9.53. The van der Waals surface area contributed by atoms with E-state index >= 15 is 0 Å². The number of amides is 1. The lowest BCUT2D eigenvalue weighted by Gasteiger charge is -2.08. The summed E-state index contributed by atoms with van der Waals surface area (Å²) < 4.78 is 31.5. The molecule has 0 unspecified atom stereocenters. The second-order valence-corrected chi connectivity index (χ2v) is 8.93. The van der Waals surface area contributed by atoms with Crippen molar-refractivity contribution < 1.29 is 17.9 Å². The van der Waals surface area contributed by atoms with Crippen LogP contribution in [-0.4, -0.2) is 46.6 Å². The Hall–Kier alpha value is -3.60. The third-order valence-corrected chi connectivity index (χ3v) is 6.35. The summed E-state index contributed by atoms with van der Waals surface area (Å²) >= 11 is 0. The third-order valence-electron chi connectivity index (χ3n) is 4.54. The van der Waals surface area contributed by atoms with Gasteiger partial charge in [0.25, 0.3) is 0 Å². The molecule has 0 bridgehead atoms. The van der Waals surface area contributed by atoms with Crippen molar-refractivity contribution in [2.75, 3.05) is 17.1 Å². The van der Waals surface area contributed by atoms with Crippen LogP contribution in [0.3, 0.4) is 0 Å². The third kappa shape index (κ3) is 5.31. The highest BCUT2D eigenvalue weighted by Crippen LogP contribution is 2.29. The van der Waals surface area contributed by atoms with Crippen molar-refractivity contribution in [3.05, 3.63) is 54.6 Å². The van der Waals surface area contributed by atoms with E-state index in [-0.39, 0.29) is 23.5 Å². The summed E-state index contributed by atoms with van der Waals surface area (Å²) in [4.78, 5) is 28.8. The number of nitrogens with zero attached hydrogens (tertiary/aromatic N) is 4. The maximum atomic E-state index is 12.4. The summed E-state index contributed by atoms with van der Waals surface area (Å²) in [5, 5.41) is 2.41. The van der Waals surface area contributed by atoms with Gasteiger partial charge in [0.1, 0.15) is 0 Å². The Kier molecular flexibility index (Phi) is 5.76. The first-order valence-corrected chi connectivity index (χ1v) is 11.1. The highest BCUT2D eigenvalue weighted by Gasteiger charge is 2.36. The van der Waals surface area contributed by atoms with E-state index in [2.05, 4.69) is 30.0 Å². The molecule has 0 spiro atoms. The van der Waals surface area contributed by atoms with Crippen molar-refractivity contribution in [2.24, 2.45) is 0 Å². The first kappa shape index (κ1) is 20.7. The Morgan fingerprint density at radius 3 is 2.61 bits per heavy atom. The molecule has 2 aromatic heterocycles. The summed E-state index contributed by atoms with van der Waals surface area (Å²) in [5.74, 6) is 0.100. The van der Waals surface area contributed by atoms with Gasteiger partial charge in [0.05, 0.1) is 42.6 Å². The van der Waals surface area contributed by atoms with Crippen LogP contribution < -0.4 is 14.8 Å². The quantitative estimate of drug-likeness (QED) is 0.543. The maximum Gasteiger partial charge on any atom is 0.237 e. The number of hydrogen-bond donors (Lipinski definition) is 2. The summed E-state index contributed by atoms with van der Waals surface area (Å²) in [6.45, 7) is 0. The molecule has 2 heterocycles. The normalized spacial score (nSPS) is 13.5. The summed E-state index contributed by atoms with van der Waals surface area (Å²) in [5.41, 5.74) is 2.49. The zero-order chi connectivity index (χ0) is 21.8. The molecule has 1 fully saturated rings. The number of carbonyl (C=O) groups is 1. The van der Waals surface area contributed by atoms with Gasteiger partial charge in [0, 0.05) is 17.4 Å². The van der Waals surface area contributed by atoms with Crippen molar-refractivity contribution >= 4 is 27.6 Å². The summed E-state index contributed by atoms with van der Waals surface area (Å²) in [7, 11) is -1.94. The van der Waals surface area contributed by atoms with E-state index in [1.54, 1.807) is 24.4 Å². The smallest absolute Gasteiger partial charge is 0.237 e. The molecule has 0 saturated heterocycles. The number of hydrogen-bond acceptors (Lipinski definition) is 8. The topological polar surface area (TPSA) is 136 Å². The van der Waals surface area contributed by atoms with E-state index in [1.165, 1.54) is 19.5 Å². The number of benzene rings is 1. The van der Waals surface area contributed by atoms with Crippen molar-refractivity contribution in [1.82, 2.24) is 19.9 Å². The van der Waals surface area contributed by atoms with Crippen molar-refractivity contribution in [3.63, 3.8) is 0 Å². The molecular formula is C20H20N6O4S. The Morgan fingerprint density at radius 1 is 1.13 bits per heavy atom. The van der Waals surface area contributed by atoms with Crippen molar-refractivity contribution in [1.29, 1.82) is 0 Å². The van der Waals surface area contributed by atoms with Crippen LogP contribution in [0, 0.1) is 0 Å². The molecule has 4 rings (SSSR count). The number of ether oxygens (including phenoxy) is 1. The molecule has 1 amide bonds. The van der Waals surface area contributed by atoms with Crippen LogP contribution in [0.1, 0.15) is 18.5 Å². The van der Waals surface area contributed by atoms with E-state index < -0.39 is 10.0 Å². The van der Waals surface area contributed by atoms with E-state index in [0.717, 1.165) is 5.56 Å². The fraction of sp³-hybridized carbons (Fsp3) is 0.250. The second kappa shape index (κ2) is 8.64. The lowest BCUT2D eigenvalue weighted by atomic mass is 10.1. The molecule has 160 valence electrons. The van der Waals surface area contributed by atoms with E-state index in [9.17, 15) is 13.2 Å². The average Bonchev–Trinajstić information content (AvgIpc) is 3.60. The molecule has 1 saturated carbocycles. The molecule has 1 aliphatic carbocycles. The fourth-order valence-electron chi connectivity index (χ4n) is 2.81. The Labute approximate surface area is 179 Å². The minimum Gasteiger partial charge on any atom is -0.480 e. The molecule has 0 radical (unpaired) electrons. The molecule has 1 aliphatic rings. The summed E-state index contributed by atoms with van der Waals surface area (Å²) in [6, 6.07) is 8.70. The monoisotopic (exact) mass is 440 g/mol. The predicted octanol–water partition coefficient (Wildman–Crippen LogP) is 2.03. The van der Waals surface area contributed by atoms with Crippen molar-refractivity contribution in [2.45, 2.75) is 24.5 Å². The van der Waals surface area contributed by atoms with Gasteiger partial charge in [-0.2, -0.15) is 0 Å². The van der Waals surface area contributed by atoms with Crippen molar-refractivity contribution in [3.8, 4) is 17.1 Å². The zero-order valence-electron chi connectivity index (χ0n) is 16.6. The van der Waals surface area contributed by atoms with Gasteiger partial charge in [-0.3, -0.25) is 14.5 Å². The Morgan fingerprint density at radius 2 is 1.90 bits per heavy atom. The van der Waals surface area contributed by atoms with Crippen LogP contribution in [-0.2, 0) is 21.2 Å². The molecule has 0 aliphatic heterocycles. The highest BCUT2D eigenvalue weighted by atomic mass is 32.2. The minimum atomic E-state index is -3.46. The largest absolute Gasteiger partial charge is 0.480 e. The highest BCUT2D eigenvalue weighted by molar-refractivity contribution is 7.93. The molecule has 10 nitrogen and oxygen atoms in total. The minimum absolute atomic E-state index is 0.0240. The standard InChI is InChI=1S/C20H20N6O4S/c1-30-19-12-21-11-17(25-19)13-2-4-14(5-3-13)23-18(27)10-15-8-9-22-20(24-15)26-31(28,29)16-6-7-16/h2-5,8-9,11-12,16H,6-7,10H2,1H3,(H,23,27)(H,22,24,26). The van der Waals surface area contributed by atoms with Crippen LogP contribution in [0.5, 0.6) is 5.88 Å². The van der Waals surface area contributed by atoms with Crippen LogP contribution in [0.4, 0.5) is 11.6 Å². The van der Waals surface area contributed by atoms with Gasteiger partial charge in [-0.05, 0) is 31.0 Å². The van der Waals surface area contributed by atoms with Gasteiger partial charge >= 0.3 is 0 Å². The fourth-order valence-corrected chi connectivity index (χ4v) is 4.09. The second-order valence-electron chi connectivity index (χ2n) is 6.97. The van der Waals surface area contributed by atoms with Gasteiger partial charge in [0.2, 0.25) is 27.8 Å². The van der Waals surface area contributed by atoms with Gasteiger partial charge < -0.3 is 10.1 Å². The molecule has 11 heteroatoms. The molecule has 2 N–H and O–H groups in total. The molecule has 31 heavy (non-hydrogen) atoms. The van der Waals surface area contributed by atoms with E-state index in [1.807, 2.05) is 12.1 Å². The van der Waals surface area contributed by atoms with E-state index in [0.29, 0.717) is 35.8 Å². The number of rotatable bonds is 8. The molecule has 1 aromatic carbocycles. The predicted molar refractivity (Wildman–Crippen MR) is 114 cm³/mol. The van der Waals surface area contributed by atoms with Crippen LogP contribution in [0.15, 0.2) is 48.9 Å². The Balaban J connectivity index is 1.38. The lowest BCUT2D eigenvalue weighted by Crippen LogP contribution is -2.20. The number of nitrogens with one attached hydrogen (secondary N) is 2. The lowest BCUT2D eigenvalue weighted by molar-refractivity contribution is -0.115. The summed E-state index contributed by atoms with van der Waals surface area (Å²) in [6.07, 6.45) is 5.82. The van der Waals surface area contributed by atoms with Crippen LogP contribution >= 0.6 is 0 Å². The number of carbonyl (C=O) groups excluding carboxylic acids is 1. The van der Waals surface area contributed by atoms with E-state index in [4.69, 9.17) is 4.74 Å². The molecule has 0 atom stereocenters. The van der Waals surface area contributed by atoms with Crippen LogP contribution in [0.2, 0.25) is 0 Å². The van der Waals surface area contributed by atoms with Gasteiger partial charge in [-0.25, -0.2) is 23.4 Å². The maximum absolute atomic E-state index is 12.4. The van der Waals surface area contributed by atoms with Gasteiger partial charge in [0.15, 0.2) is 0 Å². The van der Waals surface area contributed by atoms with Gasteiger partial charge in [-0.15, -0.1) is 0 Å².